The lowest BCUT2D eigenvalue weighted by atomic mass is 9.81. The number of hydrogen-bond donors (Lipinski definition) is 0. The van der Waals surface area contributed by atoms with Gasteiger partial charge in [0.1, 0.15) is 5.82 Å². The highest BCUT2D eigenvalue weighted by molar-refractivity contribution is 5.45. The fraction of sp³-hybridized carbons (Fsp3) is 0.400. The lowest BCUT2D eigenvalue weighted by Gasteiger charge is -2.25. The van der Waals surface area contributed by atoms with Crippen molar-refractivity contribution in [3.63, 3.8) is 0 Å². The SMILES string of the molecule is CN(C)CC1COC2c3cc(F)ccc3Cc3ccccc3C12. The number of benzene rings is 2. The molecule has 2 aromatic rings. The van der Waals surface area contributed by atoms with E-state index in [9.17, 15) is 4.39 Å². The van der Waals surface area contributed by atoms with Gasteiger partial charge in [0.25, 0.3) is 0 Å². The van der Waals surface area contributed by atoms with Crippen molar-refractivity contribution in [2.24, 2.45) is 5.92 Å². The van der Waals surface area contributed by atoms with Crippen LogP contribution < -0.4 is 0 Å². The van der Waals surface area contributed by atoms with Crippen molar-refractivity contribution in [3.05, 3.63) is 70.5 Å². The molecule has 1 heterocycles. The fourth-order valence-corrected chi connectivity index (χ4v) is 4.23. The minimum atomic E-state index is -0.173. The second-order valence-electron chi connectivity index (χ2n) is 7.02. The molecule has 3 heteroatoms. The van der Waals surface area contributed by atoms with E-state index in [1.807, 2.05) is 6.07 Å². The summed E-state index contributed by atoms with van der Waals surface area (Å²) in [5, 5.41) is 0. The molecule has 2 nitrogen and oxygen atoms in total. The monoisotopic (exact) mass is 311 g/mol. The largest absolute Gasteiger partial charge is 0.372 e. The molecule has 0 N–H and O–H groups in total. The van der Waals surface area contributed by atoms with Gasteiger partial charge in [-0.1, -0.05) is 30.3 Å². The average Bonchev–Trinajstić information content (AvgIpc) is 2.86. The average molecular weight is 311 g/mol. The van der Waals surface area contributed by atoms with Crippen molar-refractivity contribution < 1.29 is 9.13 Å². The Hall–Kier alpha value is -1.71. The zero-order chi connectivity index (χ0) is 16.0. The molecule has 0 amide bonds. The summed E-state index contributed by atoms with van der Waals surface area (Å²) < 4.78 is 20.1. The molecule has 0 aromatic heterocycles. The lowest BCUT2D eigenvalue weighted by molar-refractivity contribution is 0.0999. The van der Waals surface area contributed by atoms with Gasteiger partial charge in [-0.3, -0.25) is 0 Å². The van der Waals surface area contributed by atoms with Crippen molar-refractivity contribution in [1.82, 2.24) is 4.90 Å². The molecular formula is C20H22FNO. The van der Waals surface area contributed by atoms with E-state index in [2.05, 4.69) is 43.3 Å². The highest BCUT2D eigenvalue weighted by Gasteiger charge is 2.42. The van der Waals surface area contributed by atoms with Gasteiger partial charge in [-0.05, 0) is 54.9 Å². The topological polar surface area (TPSA) is 12.5 Å². The summed E-state index contributed by atoms with van der Waals surface area (Å²) in [6, 6.07) is 13.8. The summed E-state index contributed by atoms with van der Waals surface area (Å²) in [7, 11) is 4.20. The molecule has 23 heavy (non-hydrogen) atoms. The van der Waals surface area contributed by atoms with Crippen LogP contribution in [0, 0.1) is 11.7 Å². The third-order valence-corrected chi connectivity index (χ3v) is 5.13. The van der Waals surface area contributed by atoms with Gasteiger partial charge >= 0.3 is 0 Å². The van der Waals surface area contributed by atoms with Gasteiger partial charge in [-0.25, -0.2) is 4.39 Å². The van der Waals surface area contributed by atoms with E-state index in [4.69, 9.17) is 4.74 Å². The Morgan fingerprint density at radius 2 is 1.87 bits per heavy atom. The number of ether oxygens (including phenoxy) is 1. The molecule has 2 aromatic carbocycles. The van der Waals surface area contributed by atoms with Crippen LogP contribution in [-0.2, 0) is 11.2 Å². The minimum Gasteiger partial charge on any atom is -0.372 e. The zero-order valence-corrected chi connectivity index (χ0v) is 13.6. The number of rotatable bonds is 2. The Bertz CT molecular complexity index is 727. The van der Waals surface area contributed by atoms with E-state index in [0.717, 1.165) is 25.1 Å². The van der Waals surface area contributed by atoms with Crippen LogP contribution in [0.1, 0.15) is 34.3 Å². The summed E-state index contributed by atoms with van der Waals surface area (Å²) in [6.45, 7) is 1.72. The van der Waals surface area contributed by atoms with E-state index in [1.54, 1.807) is 12.1 Å². The normalized spacial score (nSPS) is 25.7. The molecule has 3 unspecified atom stereocenters. The van der Waals surface area contributed by atoms with Gasteiger partial charge < -0.3 is 9.64 Å². The maximum absolute atomic E-state index is 13.9. The van der Waals surface area contributed by atoms with Gasteiger partial charge in [0.2, 0.25) is 0 Å². The van der Waals surface area contributed by atoms with Gasteiger partial charge in [-0.2, -0.15) is 0 Å². The van der Waals surface area contributed by atoms with Gasteiger partial charge in [0.05, 0.1) is 12.7 Å². The summed E-state index contributed by atoms with van der Waals surface area (Å²) in [6.07, 6.45) is 0.825. The lowest BCUT2D eigenvalue weighted by Crippen LogP contribution is -2.26. The second kappa shape index (κ2) is 5.73. The van der Waals surface area contributed by atoms with Crippen molar-refractivity contribution in [2.75, 3.05) is 27.2 Å². The molecule has 0 radical (unpaired) electrons. The van der Waals surface area contributed by atoms with Crippen LogP contribution in [0.15, 0.2) is 42.5 Å². The summed E-state index contributed by atoms with van der Waals surface area (Å²) >= 11 is 0. The number of fused-ring (bicyclic) bond motifs is 5. The highest BCUT2D eigenvalue weighted by Crippen LogP contribution is 2.49. The predicted molar refractivity (Wildman–Crippen MR) is 89.1 cm³/mol. The van der Waals surface area contributed by atoms with Crippen LogP contribution in [0.3, 0.4) is 0 Å². The Labute approximate surface area is 136 Å². The maximum atomic E-state index is 13.9. The molecule has 0 spiro atoms. The standard InChI is InChI=1S/C20H22FNO/c1-22(2)11-15-12-23-20-18-10-16(21)8-7-14(18)9-13-5-3-4-6-17(13)19(15)20/h3-8,10,15,19-20H,9,11-12H2,1-2H3. The molecule has 1 aliphatic heterocycles. The molecule has 3 atom stereocenters. The Balaban J connectivity index is 1.86. The summed E-state index contributed by atoms with van der Waals surface area (Å²) in [5.74, 6) is 0.565. The van der Waals surface area contributed by atoms with Crippen molar-refractivity contribution >= 4 is 0 Å². The molecule has 2 aliphatic rings. The van der Waals surface area contributed by atoms with Crippen LogP contribution in [0.25, 0.3) is 0 Å². The number of halogens is 1. The van der Waals surface area contributed by atoms with Crippen molar-refractivity contribution in [3.8, 4) is 0 Å². The third-order valence-electron chi connectivity index (χ3n) is 5.13. The molecule has 120 valence electrons. The van der Waals surface area contributed by atoms with E-state index in [1.165, 1.54) is 16.7 Å². The van der Waals surface area contributed by atoms with Crippen LogP contribution in [0.5, 0.6) is 0 Å². The molecule has 1 fully saturated rings. The van der Waals surface area contributed by atoms with Gasteiger partial charge in [0.15, 0.2) is 0 Å². The van der Waals surface area contributed by atoms with Crippen LogP contribution >= 0.6 is 0 Å². The Morgan fingerprint density at radius 3 is 2.70 bits per heavy atom. The van der Waals surface area contributed by atoms with E-state index < -0.39 is 0 Å². The Morgan fingerprint density at radius 1 is 1.09 bits per heavy atom. The zero-order valence-electron chi connectivity index (χ0n) is 13.6. The second-order valence-corrected chi connectivity index (χ2v) is 7.02. The predicted octanol–water partition coefficient (Wildman–Crippen LogP) is 3.76. The molecular weight excluding hydrogens is 289 g/mol. The van der Waals surface area contributed by atoms with Gasteiger partial charge in [-0.15, -0.1) is 0 Å². The quantitative estimate of drug-likeness (QED) is 0.837. The maximum Gasteiger partial charge on any atom is 0.123 e. The first kappa shape index (κ1) is 14.9. The third kappa shape index (κ3) is 2.58. The molecule has 1 saturated heterocycles. The van der Waals surface area contributed by atoms with Gasteiger partial charge in [0, 0.05) is 18.4 Å². The molecule has 0 saturated carbocycles. The molecule has 1 aliphatic carbocycles. The van der Waals surface area contributed by atoms with Crippen LogP contribution in [0.4, 0.5) is 4.39 Å². The van der Waals surface area contributed by atoms with Crippen LogP contribution in [0.2, 0.25) is 0 Å². The summed E-state index contributed by atoms with van der Waals surface area (Å²) in [5.41, 5.74) is 4.95. The first-order valence-electron chi connectivity index (χ1n) is 8.26. The van der Waals surface area contributed by atoms with E-state index in [0.29, 0.717) is 11.8 Å². The number of nitrogens with zero attached hydrogens (tertiary/aromatic N) is 1. The number of hydrogen-bond acceptors (Lipinski definition) is 2. The fourth-order valence-electron chi connectivity index (χ4n) is 4.23. The smallest absolute Gasteiger partial charge is 0.123 e. The van der Waals surface area contributed by atoms with E-state index >= 15 is 0 Å². The summed E-state index contributed by atoms with van der Waals surface area (Å²) in [4.78, 5) is 2.22. The van der Waals surface area contributed by atoms with E-state index in [-0.39, 0.29) is 11.9 Å². The van der Waals surface area contributed by atoms with Crippen molar-refractivity contribution in [2.45, 2.75) is 18.4 Å². The minimum absolute atomic E-state index is 0.0331. The molecule has 0 bridgehead atoms. The molecule has 4 rings (SSSR count). The first-order valence-corrected chi connectivity index (χ1v) is 8.26. The highest BCUT2D eigenvalue weighted by atomic mass is 19.1. The van der Waals surface area contributed by atoms with Crippen molar-refractivity contribution in [1.29, 1.82) is 0 Å². The first-order chi connectivity index (χ1) is 11.1. The van der Waals surface area contributed by atoms with Crippen LogP contribution in [-0.4, -0.2) is 32.1 Å². The Kier molecular flexibility index (Phi) is 3.70.